The lowest BCUT2D eigenvalue weighted by Gasteiger charge is -2.28. The molecule has 0 spiro atoms. The SMILES string of the molecule is Clc1cc(-c2cnn3cc(-c4ccc(N5CCCCC5)cc4)cnc23)c2ccccc2n1.Clc1cc(-c2cnn3cc(Br)cnc23)c2ccccc2n1. The molecule has 10 rings (SSSR count). The Hall–Kier alpha value is -5.42. The van der Waals surface area contributed by atoms with Crippen LogP contribution in [0, 0.1) is 0 Å². The Morgan fingerprint density at radius 1 is 0.547 bits per heavy atom. The lowest BCUT2D eigenvalue weighted by Crippen LogP contribution is -2.29. The van der Waals surface area contributed by atoms with Crippen molar-refractivity contribution in [3.8, 4) is 33.4 Å². The third-order valence-electron chi connectivity index (χ3n) is 9.55. The average Bonchev–Trinajstić information content (AvgIpc) is 3.82. The summed E-state index contributed by atoms with van der Waals surface area (Å²) in [5.41, 5.74) is 10.6. The molecular formula is C41H30BrCl2N9. The average molecular weight is 800 g/mol. The van der Waals surface area contributed by atoms with E-state index in [1.54, 1.807) is 16.9 Å². The van der Waals surface area contributed by atoms with Crippen molar-refractivity contribution in [3.05, 3.63) is 137 Å². The maximum Gasteiger partial charge on any atom is 0.162 e. The molecule has 1 fully saturated rings. The van der Waals surface area contributed by atoms with Gasteiger partial charge in [-0.05, 0) is 88.3 Å². The molecule has 0 N–H and O–H groups in total. The van der Waals surface area contributed by atoms with Crippen molar-refractivity contribution in [1.82, 2.24) is 39.2 Å². The molecule has 0 unspecified atom stereocenters. The van der Waals surface area contributed by atoms with E-state index in [0.29, 0.717) is 10.3 Å². The number of rotatable bonds is 4. The summed E-state index contributed by atoms with van der Waals surface area (Å²) in [5.74, 6) is 0. The first-order chi connectivity index (χ1) is 26.0. The molecule has 9 aromatic rings. The Kier molecular flexibility index (Phi) is 8.95. The summed E-state index contributed by atoms with van der Waals surface area (Å²) in [4.78, 5) is 20.5. The first kappa shape index (κ1) is 33.4. The highest BCUT2D eigenvalue weighted by Crippen LogP contribution is 2.34. The van der Waals surface area contributed by atoms with Gasteiger partial charge in [-0.2, -0.15) is 10.2 Å². The van der Waals surface area contributed by atoms with E-state index < -0.39 is 0 Å². The van der Waals surface area contributed by atoms with Crippen molar-refractivity contribution in [2.24, 2.45) is 0 Å². The van der Waals surface area contributed by atoms with Crippen LogP contribution in [0.2, 0.25) is 10.3 Å². The fraction of sp³-hybridized carbons (Fsp3) is 0.122. The van der Waals surface area contributed by atoms with Crippen LogP contribution in [0.15, 0.2) is 127 Å². The normalized spacial score (nSPS) is 13.2. The van der Waals surface area contributed by atoms with Crippen molar-refractivity contribution in [3.63, 3.8) is 0 Å². The molecule has 0 amide bonds. The maximum absolute atomic E-state index is 6.30. The molecule has 1 aliphatic rings. The molecule has 0 radical (unpaired) electrons. The number of fused-ring (bicyclic) bond motifs is 4. The first-order valence-corrected chi connectivity index (χ1v) is 18.8. The van der Waals surface area contributed by atoms with E-state index in [1.165, 1.54) is 24.9 Å². The molecule has 1 saturated heterocycles. The Labute approximate surface area is 323 Å². The Morgan fingerprint density at radius 2 is 1.09 bits per heavy atom. The summed E-state index contributed by atoms with van der Waals surface area (Å²) in [6.07, 6.45) is 15.1. The van der Waals surface area contributed by atoms with Crippen LogP contribution in [0.3, 0.4) is 0 Å². The maximum atomic E-state index is 6.30. The summed E-state index contributed by atoms with van der Waals surface area (Å²) >= 11 is 15.8. The molecule has 0 saturated carbocycles. The van der Waals surface area contributed by atoms with E-state index in [2.05, 4.69) is 76.3 Å². The van der Waals surface area contributed by atoms with Gasteiger partial charge in [-0.3, -0.25) is 0 Å². The summed E-state index contributed by atoms with van der Waals surface area (Å²) < 4.78 is 4.46. The smallest absolute Gasteiger partial charge is 0.162 e. The van der Waals surface area contributed by atoms with Gasteiger partial charge >= 0.3 is 0 Å². The van der Waals surface area contributed by atoms with Gasteiger partial charge in [-0.15, -0.1) is 0 Å². The van der Waals surface area contributed by atoms with Crippen LogP contribution in [0.1, 0.15) is 19.3 Å². The van der Waals surface area contributed by atoms with E-state index in [1.807, 2.05) is 83.9 Å². The van der Waals surface area contributed by atoms with Crippen LogP contribution in [-0.4, -0.2) is 52.3 Å². The molecule has 3 aromatic carbocycles. The van der Waals surface area contributed by atoms with Gasteiger partial charge in [0, 0.05) is 71.0 Å². The molecule has 7 heterocycles. The Bertz CT molecular complexity index is 2770. The van der Waals surface area contributed by atoms with E-state index >= 15 is 0 Å². The van der Waals surface area contributed by atoms with Crippen molar-refractivity contribution in [1.29, 1.82) is 0 Å². The lowest BCUT2D eigenvalue weighted by molar-refractivity contribution is 0.578. The van der Waals surface area contributed by atoms with Gasteiger partial charge in [0.05, 0.1) is 27.9 Å². The zero-order chi connectivity index (χ0) is 35.9. The Balaban J connectivity index is 0.000000153. The number of anilines is 1. The van der Waals surface area contributed by atoms with Gasteiger partial charge in [-0.25, -0.2) is 29.0 Å². The minimum Gasteiger partial charge on any atom is -0.372 e. The van der Waals surface area contributed by atoms with Gasteiger partial charge < -0.3 is 4.90 Å². The van der Waals surface area contributed by atoms with E-state index in [-0.39, 0.29) is 0 Å². The van der Waals surface area contributed by atoms with Crippen molar-refractivity contribution < 1.29 is 0 Å². The molecule has 12 heteroatoms. The second kappa shape index (κ2) is 14.2. The third kappa shape index (κ3) is 6.58. The highest BCUT2D eigenvalue weighted by atomic mass is 79.9. The largest absolute Gasteiger partial charge is 0.372 e. The number of hydrogen-bond acceptors (Lipinski definition) is 7. The van der Waals surface area contributed by atoms with Crippen molar-refractivity contribution in [2.75, 3.05) is 18.0 Å². The number of nitrogens with zero attached hydrogens (tertiary/aromatic N) is 9. The van der Waals surface area contributed by atoms with Crippen LogP contribution < -0.4 is 4.90 Å². The second-order valence-corrected chi connectivity index (χ2v) is 14.6. The van der Waals surface area contributed by atoms with Gasteiger partial charge in [-0.1, -0.05) is 71.7 Å². The highest BCUT2D eigenvalue weighted by Gasteiger charge is 2.16. The number of para-hydroxylation sites is 2. The van der Waals surface area contributed by atoms with Gasteiger partial charge in [0.25, 0.3) is 0 Å². The molecule has 0 atom stereocenters. The molecule has 0 aliphatic carbocycles. The Morgan fingerprint density at radius 3 is 1.70 bits per heavy atom. The molecule has 260 valence electrons. The minimum atomic E-state index is 0.458. The van der Waals surface area contributed by atoms with E-state index in [0.717, 1.165) is 84.0 Å². The van der Waals surface area contributed by atoms with Crippen LogP contribution in [0.5, 0.6) is 0 Å². The quantitative estimate of drug-likeness (QED) is 0.164. The van der Waals surface area contributed by atoms with Crippen LogP contribution >= 0.6 is 39.1 Å². The van der Waals surface area contributed by atoms with Gasteiger partial charge in [0.1, 0.15) is 10.3 Å². The third-order valence-corrected chi connectivity index (χ3v) is 10.4. The fourth-order valence-corrected chi connectivity index (χ4v) is 7.70. The van der Waals surface area contributed by atoms with Crippen LogP contribution in [-0.2, 0) is 0 Å². The minimum absolute atomic E-state index is 0.458. The zero-order valence-corrected chi connectivity index (χ0v) is 31.3. The predicted octanol–water partition coefficient (Wildman–Crippen LogP) is 10.6. The van der Waals surface area contributed by atoms with Gasteiger partial charge in [0.2, 0.25) is 0 Å². The summed E-state index contributed by atoms with van der Waals surface area (Å²) in [6.45, 7) is 2.30. The monoisotopic (exact) mass is 797 g/mol. The molecule has 6 aromatic heterocycles. The molecule has 53 heavy (non-hydrogen) atoms. The lowest BCUT2D eigenvalue weighted by atomic mass is 10.0. The molecule has 1 aliphatic heterocycles. The second-order valence-electron chi connectivity index (χ2n) is 12.9. The van der Waals surface area contributed by atoms with Crippen molar-refractivity contribution in [2.45, 2.75) is 19.3 Å². The number of hydrogen-bond donors (Lipinski definition) is 0. The first-order valence-electron chi connectivity index (χ1n) is 17.3. The van der Waals surface area contributed by atoms with E-state index in [4.69, 9.17) is 28.2 Å². The van der Waals surface area contributed by atoms with Crippen LogP contribution in [0.4, 0.5) is 5.69 Å². The summed E-state index contributed by atoms with van der Waals surface area (Å²) in [6, 6.07) is 28.4. The molecule has 0 bridgehead atoms. The summed E-state index contributed by atoms with van der Waals surface area (Å²) in [7, 11) is 0. The fourth-order valence-electron chi connectivity index (χ4n) is 7.00. The molecule has 9 nitrogen and oxygen atoms in total. The number of aromatic nitrogens is 8. The standard InChI is InChI=1S/C26H22ClN5.C15H8BrClN4/c27-25-14-22(21-6-2-3-7-24(21)30-25)23-16-29-32-17-19(15-28-26(23)32)18-8-10-20(11-9-18)31-12-4-1-5-13-31;16-9-6-18-15-12(7-19-21(15)8-9)11-5-14(17)20-13-4-2-1-3-10(11)13/h2-3,6-11,14-17H,1,4-5,12-13H2;1-8H. The number of benzene rings is 3. The number of halogens is 3. The summed E-state index contributed by atoms with van der Waals surface area (Å²) in [5, 5.41) is 11.9. The van der Waals surface area contributed by atoms with E-state index in [9.17, 15) is 0 Å². The topological polar surface area (TPSA) is 89.4 Å². The number of piperidine rings is 1. The van der Waals surface area contributed by atoms with Crippen LogP contribution in [0.25, 0.3) is 66.5 Å². The highest BCUT2D eigenvalue weighted by molar-refractivity contribution is 9.10. The molecular weight excluding hydrogens is 769 g/mol. The van der Waals surface area contributed by atoms with Gasteiger partial charge in [0.15, 0.2) is 11.3 Å². The zero-order valence-electron chi connectivity index (χ0n) is 28.2. The number of pyridine rings is 2. The predicted molar refractivity (Wildman–Crippen MR) is 217 cm³/mol. The van der Waals surface area contributed by atoms with Crippen molar-refractivity contribution >= 4 is 77.9 Å².